The summed E-state index contributed by atoms with van der Waals surface area (Å²) in [5.74, 6) is 0.771. The average Bonchev–Trinajstić information content (AvgIpc) is 3.46. The van der Waals surface area contributed by atoms with Gasteiger partial charge < -0.3 is 9.32 Å². The predicted molar refractivity (Wildman–Crippen MR) is 124 cm³/mol. The highest BCUT2D eigenvalue weighted by Crippen LogP contribution is 2.21. The second-order valence-corrected chi connectivity index (χ2v) is 7.59. The van der Waals surface area contributed by atoms with Gasteiger partial charge in [0.2, 0.25) is 4.80 Å². The molecule has 2 aromatic heterocycles. The van der Waals surface area contributed by atoms with Crippen LogP contribution in [0.15, 0.2) is 92.9 Å². The van der Waals surface area contributed by atoms with Crippen molar-refractivity contribution in [2.45, 2.75) is 13.5 Å². The number of aromatic nitrogens is 1. The molecule has 2 aromatic carbocycles. The van der Waals surface area contributed by atoms with Gasteiger partial charge in [0, 0.05) is 31.2 Å². The third-order valence-electron chi connectivity index (χ3n) is 4.83. The number of rotatable bonds is 7. The lowest BCUT2D eigenvalue weighted by Gasteiger charge is -2.23. The van der Waals surface area contributed by atoms with Gasteiger partial charge in [-0.05, 0) is 42.3 Å². The van der Waals surface area contributed by atoms with Crippen LogP contribution in [0.4, 0.5) is 5.69 Å². The third kappa shape index (κ3) is 4.44. The SMILES string of the molecule is CCN(Cc1ccccc1)c1ccc(C=Nn2c(-c3ccco3)csc2=NC)cc1. The minimum atomic E-state index is 0.771. The van der Waals surface area contributed by atoms with Crippen molar-refractivity contribution in [1.82, 2.24) is 4.68 Å². The van der Waals surface area contributed by atoms with Crippen molar-refractivity contribution in [2.24, 2.45) is 10.1 Å². The molecule has 0 saturated heterocycles. The molecule has 0 spiro atoms. The second-order valence-electron chi connectivity index (χ2n) is 6.75. The van der Waals surface area contributed by atoms with Crippen LogP contribution in [0.1, 0.15) is 18.1 Å². The first kappa shape index (κ1) is 19.9. The number of nitrogens with zero attached hydrogens (tertiary/aromatic N) is 4. The van der Waals surface area contributed by atoms with Gasteiger partial charge in [0.15, 0.2) is 5.76 Å². The summed E-state index contributed by atoms with van der Waals surface area (Å²) in [6.07, 6.45) is 3.52. The minimum absolute atomic E-state index is 0.771. The van der Waals surface area contributed by atoms with Crippen LogP contribution in [0.2, 0.25) is 0 Å². The topological polar surface area (TPSA) is 46.0 Å². The van der Waals surface area contributed by atoms with Crippen LogP contribution in [0.5, 0.6) is 0 Å². The van der Waals surface area contributed by atoms with E-state index in [1.54, 1.807) is 13.3 Å². The van der Waals surface area contributed by atoms with Gasteiger partial charge in [-0.15, -0.1) is 11.3 Å². The Hall–Kier alpha value is -3.38. The van der Waals surface area contributed by atoms with Crippen LogP contribution in [0, 0.1) is 0 Å². The van der Waals surface area contributed by atoms with E-state index >= 15 is 0 Å². The Morgan fingerprint density at radius 3 is 2.50 bits per heavy atom. The molecule has 0 N–H and O–H groups in total. The van der Waals surface area contributed by atoms with E-state index in [9.17, 15) is 0 Å². The Morgan fingerprint density at radius 1 is 1.03 bits per heavy atom. The molecule has 0 atom stereocenters. The molecule has 0 radical (unpaired) electrons. The Labute approximate surface area is 180 Å². The molecule has 4 aromatic rings. The summed E-state index contributed by atoms with van der Waals surface area (Å²) >= 11 is 1.54. The minimum Gasteiger partial charge on any atom is -0.463 e. The lowest BCUT2D eigenvalue weighted by Crippen LogP contribution is -2.21. The van der Waals surface area contributed by atoms with Gasteiger partial charge in [0.05, 0.1) is 12.5 Å². The molecular weight excluding hydrogens is 392 g/mol. The van der Waals surface area contributed by atoms with Crippen molar-refractivity contribution in [2.75, 3.05) is 18.5 Å². The van der Waals surface area contributed by atoms with Crippen molar-refractivity contribution in [1.29, 1.82) is 0 Å². The van der Waals surface area contributed by atoms with Gasteiger partial charge in [-0.25, -0.2) is 4.68 Å². The third-order valence-corrected chi connectivity index (χ3v) is 5.74. The molecule has 0 fully saturated rings. The van der Waals surface area contributed by atoms with Gasteiger partial charge in [-0.1, -0.05) is 42.5 Å². The fourth-order valence-corrected chi connectivity index (χ4v) is 4.03. The van der Waals surface area contributed by atoms with E-state index in [2.05, 4.69) is 70.4 Å². The molecule has 0 aliphatic carbocycles. The predicted octanol–water partition coefficient (Wildman–Crippen LogP) is 5.25. The highest BCUT2D eigenvalue weighted by atomic mass is 32.1. The van der Waals surface area contributed by atoms with Crippen molar-refractivity contribution < 1.29 is 4.42 Å². The van der Waals surface area contributed by atoms with Gasteiger partial charge >= 0.3 is 0 Å². The van der Waals surface area contributed by atoms with Gasteiger partial charge in [-0.3, -0.25) is 4.99 Å². The normalized spacial score (nSPS) is 12.0. The van der Waals surface area contributed by atoms with Crippen LogP contribution in [-0.2, 0) is 6.54 Å². The van der Waals surface area contributed by atoms with Crippen molar-refractivity contribution in [3.63, 3.8) is 0 Å². The quantitative estimate of drug-likeness (QED) is 0.386. The Kier molecular flexibility index (Phi) is 6.25. The van der Waals surface area contributed by atoms with E-state index < -0.39 is 0 Å². The molecule has 0 bridgehead atoms. The summed E-state index contributed by atoms with van der Waals surface area (Å²) in [7, 11) is 1.77. The number of anilines is 1. The van der Waals surface area contributed by atoms with Crippen LogP contribution >= 0.6 is 11.3 Å². The lowest BCUT2D eigenvalue weighted by atomic mass is 10.1. The van der Waals surface area contributed by atoms with E-state index in [0.29, 0.717) is 0 Å². The molecule has 0 saturated carbocycles. The number of furan rings is 1. The van der Waals surface area contributed by atoms with Gasteiger partial charge in [0.1, 0.15) is 5.69 Å². The van der Waals surface area contributed by atoms with E-state index in [0.717, 1.165) is 34.9 Å². The van der Waals surface area contributed by atoms with Crippen molar-refractivity contribution >= 4 is 23.2 Å². The van der Waals surface area contributed by atoms with Crippen LogP contribution < -0.4 is 9.70 Å². The van der Waals surface area contributed by atoms with E-state index in [4.69, 9.17) is 4.42 Å². The van der Waals surface area contributed by atoms with Gasteiger partial charge in [0.25, 0.3) is 0 Å². The molecule has 30 heavy (non-hydrogen) atoms. The van der Waals surface area contributed by atoms with E-state index in [1.165, 1.54) is 22.6 Å². The van der Waals surface area contributed by atoms with Crippen molar-refractivity contribution in [3.8, 4) is 11.5 Å². The zero-order valence-electron chi connectivity index (χ0n) is 17.1. The maximum atomic E-state index is 5.54. The molecule has 0 unspecified atom stereocenters. The largest absolute Gasteiger partial charge is 0.463 e. The lowest BCUT2D eigenvalue weighted by molar-refractivity contribution is 0.575. The maximum absolute atomic E-state index is 5.54. The standard InChI is InChI=1S/C24H24N4OS/c1-3-27(17-20-8-5-4-6-9-20)21-13-11-19(12-14-21)16-26-28-22(18-30-24(28)25-2)23-10-7-15-29-23/h4-16,18H,3,17H2,1-2H3. The zero-order chi connectivity index (χ0) is 20.8. The Morgan fingerprint density at radius 2 is 1.83 bits per heavy atom. The number of benzene rings is 2. The summed E-state index contributed by atoms with van der Waals surface area (Å²) in [5.41, 5.74) is 4.42. The van der Waals surface area contributed by atoms with E-state index in [1.807, 2.05) is 34.5 Å². The first-order valence-corrected chi connectivity index (χ1v) is 10.8. The maximum Gasteiger partial charge on any atom is 0.206 e. The molecule has 152 valence electrons. The van der Waals surface area contributed by atoms with Crippen LogP contribution in [-0.4, -0.2) is 24.5 Å². The summed E-state index contributed by atoms with van der Waals surface area (Å²) in [5, 5.41) is 6.66. The van der Waals surface area contributed by atoms with E-state index in [-0.39, 0.29) is 0 Å². The first-order valence-electron chi connectivity index (χ1n) is 9.89. The molecule has 0 aliphatic rings. The number of thiazole rings is 1. The second kappa shape index (κ2) is 9.41. The fourth-order valence-electron chi connectivity index (χ4n) is 3.24. The van der Waals surface area contributed by atoms with Crippen molar-refractivity contribution in [3.05, 3.63) is 94.3 Å². The summed E-state index contributed by atoms with van der Waals surface area (Å²) in [4.78, 5) is 7.49. The molecule has 5 nitrogen and oxygen atoms in total. The summed E-state index contributed by atoms with van der Waals surface area (Å²) in [6, 6.07) is 22.8. The molecule has 2 heterocycles. The zero-order valence-corrected chi connectivity index (χ0v) is 17.9. The molecule has 0 amide bonds. The first-order chi connectivity index (χ1) is 14.8. The molecular formula is C24H24N4OS. The number of hydrogen-bond donors (Lipinski definition) is 0. The molecule has 6 heteroatoms. The van der Waals surface area contributed by atoms with Crippen LogP contribution in [0.3, 0.4) is 0 Å². The van der Waals surface area contributed by atoms with Gasteiger partial charge in [-0.2, -0.15) is 5.10 Å². The Bertz CT molecular complexity index is 1160. The molecule has 0 aliphatic heterocycles. The molecule has 4 rings (SSSR count). The monoisotopic (exact) mass is 416 g/mol. The fraction of sp³-hybridized carbons (Fsp3) is 0.167. The Balaban J connectivity index is 1.54. The number of hydrogen-bond acceptors (Lipinski definition) is 5. The highest BCUT2D eigenvalue weighted by molar-refractivity contribution is 7.07. The summed E-state index contributed by atoms with van der Waals surface area (Å²) in [6.45, 7) is 4.02. The smallest absolute Gasteiger partial charge is 0.206 e. The average molecular weight is 417 g/mol. The highest BCUT2D eigenvalue weighted by Gasteiger charge is 2.09. The van der Waals surface area contributed by atoms with Crippen LogP contribution in [0.25, 0.3) is 11.5 Å². The summed E-state index contributed by atoms with van der Waals surface area (Å²) < 4.78 is 7.35.